The molecular weight excluding hydrogens is 286 g/mol. The summed E-state index contributed by atoms with van der Waals surface area (Å²) in [6.45, 7) is 0.349. The summed E-state index contributed by atoms with van der Waals surface area (Å²) in [5.74, 6) is -0.380. The quantitative estimate of drug-likeness (QED) is 0.923. The van der Waals surface area contributed by atoms with Gasteiger partial charge < -0.3 is 5.32 Å². The van der Waals surface area contributed by atoms with Crippen molar-refractivity contribution >= 4 is 27.3 Å². The Morgan fingerprint density at radius 1 is 1.37 bits per heavy atom. The van der Waals surface area contributed by atoms with Gasteiger partial charge in [-0.3, -0.25) is 4.79 Å². The minimum absolute atomic E-state index is 0.0204. The molecule has 1 aromatic carbocycles. The van der Waals surface area contributed by atoms with Gasteiger partial charge in [0.1, 0.15) is 0 Å². The van der Waals surface area contributed by atoms with Gasteiger partial charge in [0.15, 0.2) is 9.84 Å². The summed E-state index contributed by atoms with van der Waals surface area (Å²) in [6.07, 6.45) is 1.75. The van der Waals surface area contributed by atoms with E-state index >= 15 is 0 Å². The molecule has 0 saturated carbocycles. The topological polar surface area (TPSA) is 63.2 Å². The van der Waals surface area contributed by atoms with Crippen LogP contribution in [0.3, 0.4) is 0 Å². The number of benzene rings is 1. The van der Waals surface area contributed by atoms with E-state index in [9.17, 15) is 13.2 Å². The Hall–Kier alpha value is -1.33. The highest BCUT2D eigenvalue weighted by Gasteiger charge is 2.23. The molecule has 0 unspecified atom stereocenters. The molecular formula is C13H14ClNO3S. The van der Waals surface area contributed by atoms with Gasteiger partial charge in [-0.2, -0.15) is 0 Å². The van der Waals surface area contributed by atoms with Crippen LogP contribution in [-0.2, 0) is 21.2 Å². The van der Waals surface area contributed by atoms with Crippen LogP contribution in [0.5, 0.6) is 0 Å². The third-order valence-electron chi connectivity index (χ3n) is 2.89. The normalized spacial score (nSPS) is 20.4. The molecule has 19 heavy (non-hydrogen) atoms. The maximum absolute atomic E-state index is 11.7. The summed E-state index contributed by atoms with van der Waals surface area (Å²) in [6, 6.07) is 7.26. The zero-order valence-electron chi connectivity index (χ0n) is 10.2. The largest absolute Gasteiger partial charge is 0.352 e. The van der Waals surface area contributed by atoms with Crippen LogP contribution in [0.4, 0.5) is 0 Å². The highest BCUT2D eigenvalue weighted by atomic mass is 35.5. The Morgan fingerprint density at radius 2 is 2.11 bits per heavy atom. The summed E-state index contributed by atoms with van der Waals surface area (Å²) in [7, 11) is -3.10. The van der Waals surface area contributed by atoms with Crippen molar-refractivity contribution < 1.29 is 13.2 Å². The number of carbonyl (C=O) groups excluding carboxylic acids is 1. The summed E-state index contributed by atoms with van der Waals surface area (Å²) < 4.78 is 22.4. The minimum Gasteiger partial charge on any atom is -0.352 e. The van der Waals surface area contributed by atoms with E-state index in [0.717, 1.165) is 5.56 Å². The number of halogens is 1. The predicted octanol–water partition coefficient (Wildman–Crippen LogP) is 1.90. The van der Waals surface area contributed by atoms with Gasteiger partial charge in [0, 0.05) is 29.3 Å². The summed E-state index contributed by atoms with van der Waals surface area (Å²) in [5.41, 5.74) is 0.840. The SMILES string of the molecule is O=C(C[C@@H]1C=CS(=O)(=O)C1)NCc1ccccc1Cl. The van der Waals surface area contributed by atoms with E-state index < -0.39 is 9.84 Å². The van der Waals surface area contributed by atoms with Gasteiger partial charge in [0.05, 0.1) is 5.75 Å². The summed E-state index contributed by atoms with van der Waals surface area (Å²) >= 11 is 5.97. The molecule has 1 atom stereocenters. The Morgan fingerprint density at radius 3 is 2.74 bits per heavy atom. The first-order valence-electron chi connectivity index (χ1n) is 5.87. The van der Waals surface area contributed by atoms with Crippen molar-refractivity contribution in [1.29, 1.82) is 0 Å². The Balaban J connectivity index is 1.83. The molecule has 1 aliphatic heterocycles. The van der Waals surface area contributed by atoms with Crippen molar-refractivity contribution in [2.45, 2.75) is 13.0 Å². The zero-order chi connectivity index (χ0) is 13.9. The van der Waals surface area contributed by atoms with Crippen LogP contribution in [0.15, 0.2) is 35.7 Å². The van der Waals surface area contributed by atoms with E-state index in [-0.39, 0.29) is 24.0 Å². The molecule has 1 aliphatic rings. The number of hydrogen-bond acceptors (Lipinski definition) is 3. The van der Waals surface area contributed by atoms with Crippen LogP contribution in [0.1, 0.15) is 12.0 Å². The van der Waals surface area contributed by atoms with E-state index in [0.29, 0.717) is 11.6 Å². The van der Waals surface area contributed by atoms with Gasteiger partial charge >= 0.3 is 0 Å². The maximum atomic E-state index is 11.7. The number of hydrogen-bond donors (Lipinski definition) is 1. The highest BCUT2D eigenvalue weighted by molar-refractivity contribution is 7.94. The van der Waals surface area contributed by atoms with Crippen LogP contribution in [-0.4, -0.2) is 20.1 Å². The van der Waals surface area contributed by atoms with Crippen molar-refractivity contribution in [2.24, 2.45) is 5.92 Å². The second-order valence-electron chi connectivity index (χ2n) is 4.49. The monoisotopic (exact) mass is 299 g/mol. The second-order valence-corrected chi connectivity index (χ2v) is 6.83. The number of carbonyl (C=O) groups is 1. The molecule has 1 amide bonds. The van der Waals surface area contributed by atoms with Crippen LogP contribution >= 0.6 is 11.6 Å². The number of rotatable bonds is 4. The van der Waals surface area contributed by atoms with Crippen molar-refractivity contribution in [2.75, 3.05) is 5.75 Å². The fourth-order valence-electron chi connectivity index (χ4n) is 1.91. The van der Waals surface area contributed by atoms with Gasteiger partial charge in [-0.05, 0) is 11.6 Å². The molecule has 1 N–H and O–H groups in total. The fraction of sp³-hybridized carbons (Fsp3) is 0.308. The van der Waals surface area contributed by atoms with Crippen LogP contribution in [0.2, 0.25) is 5.02 Å². The molecule has 0 radical (unpaired) electrons. The number of allylic oxidation sites excluding steroid dienone is 1. The first-order chi connectivity index (χ1) is 8.96. The van der Waals surface area contributed by atoms with Gasteiger partial charge in [-0.15, -0.1) is 0 Å². The lowest BCUT2D eigenvalue weighted by Crippen LogP contribution is -2.25. The Kier molecular flexibility index (Phi) is 4.27. The highest BCUT2D eigenvalue weighted by Crippen LogP contribution is 2.18. The standard InChI is InChI=1S/C13H14ClNO3S/c14-12-4-2-1-3-11(12)8-15-13(16)7-10-5-6-19(17,18)9-10/h1-6,10H,7-9H2,(H,15,16)/t10-/m0/s1. The molecule has 0 fully saturated rings. The Labute approximate surface area is 117 Å². The lowest BCUT2D eigenvalue weighted by Gasteiger charge is -2.09. The molecule has 0 aliphatic carbocycles. The van der Waals surface area contributed by atoms with Crippen molar-refractivity contribution in [3.8, 4) is 0 Å². The molecule has 0 aromatic heterocycles. The molecule has 0 saturated heterocycles. The van der Waals surface area contributed by atoms with E-state index in [1.54, 1.807) is 12.1 Å². The first kappa shape index (κ1) is 14.1. The van der Waals surface area contributed by atoms with E-state index in [4.69, 9.17) is 11.6 Å². The molecule has 1 heterocycles. The lowest BCUT2D eigenvalue weighted by molar-refractivity contribution is -0.121. The van der Waals surface area contributed by atoms with Crippen molar-refractivity contribution in [1.82, 2.24) is 5.32 Å². The van der Waals surface area contributed by atoms with Gasteiger partial charge in [-0.25, -0.2) is 8.42 Å². The average molecular weight is 300 g/mol. The molecule has 4 nitrogen and oxygen atoms in total. The fourth-order valence-corrected chi connectivity index (χ4v) is 3.51. The smallest absolute Gasteiger partial charge is 0.220 e. The second kappa shape index (κ2) is 5.75. The van der Waals surface area contributed by atoms with E-state index in [1.165, 1.54) is 5.41 Å². The number of sulfone groups is 1. The summed E-state index contributed by atoms with van der Waals surface area (Å²) in [4.78, 5) is 11.7. The van der Waals surface area contributed by atoms with E-state index in [2.05, 4.69) is 5.32 Å². The molecule has 0 spiro atoms. The molecule has 1 aromatic rings. The first-order valence-corrected chi connectivity index (χ1v) is 7.97. The maximum Gasteiger partial charge on any atom is 0.220 e. The van der Waals surface area contributed by atoms with Crippen LogP contribution < -0.4 is 5.32 Å². The lowest BCUT2D eigenvalue weighted by atomic mass is 10.1. The van der Waals surface area contributed by atoms with Crippen LogP contribution in [0, 0.1) is 5.92 Å². The minimum atomic E-state index is -3.10. The number of amides is 1. The van der Waals surface area contributed by atoms with Crippen molar-refractivity contribution in [3.05, 3.63) is 46.3 Å². The van der Waals surface area contributed by atoms with Gasteiger partial charge in [-0.1, -0.05) is 35.9 Å². The third kappa shape index (κ3) is 4.08. The third-order valence-corrected chi connectivity index (χ3v) is 4.72. The molecule has 102 valence electrons. The Bertz CT molecular complexity index is 610. The van der Waals surface area contributed by atoms with E-state index in [1.807, 2.05) is 18.2 Å². The van der Waals surface area contributed by atoms with Gasteiger partial charge in [0.25, 0.3) is 0 Å². The molecule has 0 bridgehead atoms. The summed E-state index contributed by atoms with van der Waals surface area (Å²) in [5, 5.41) is 4.52. The van der Waals surface area contributed by atoms with Gasteiger partial charge in [0.2, 0.25) is 5.91 Å². The average Bonchev–Trinajstić information content (AvgIpc) is 2.67. The van der Waals surface area contributed by atoms with Crippen LogP contribution in [0.25, 0.3) is 0 Å². The molecule has 2 rings (SSSR count). The predicted molar refractivity (Wildman–Crippen MR) is 74.3 cm³/mol. The number of nitrogens with one attached hydrogen (secondary N) is 1. The zero-order valence-corrected chi connectivity index (χ0v) is 11.7. The molecule has 6 heteroatoms. The van der Waals surface area contributed by atoms with Crippen molar-refractivity contribution in [3.63, 3.8) is 0 Å².